The van der Waals surface area contributed by atoms with Gasteiger partial charge in [0.2, 0.25) is 5.91 Å². The number of hydrogen-bond donors (Lipinski definition) is 2. The van der Waals surface area contributed by atoms with Crippen LogP contribution in [0.15, 0.2) is 30.5 Å². The lowest BCUT2D eigenvalue weighted by Gasteiger charge is -2.29. The Morgan fingerprint density at radius 3 is 2.74 bits per heavy atom. The number of aromatic amines is 1. The zero-order chi connectivity index (χ0) is 19.0. The number of ether oxygens (including phenoxy) is 1. The molecular formula is C21H24N2O4. The highest BCUT2D eigenvalue weighted by molar-refractivity contribution is 5.94. The minimum Gasteiger partial charge on any atom is -0.497 e. The van der Waals surface area contributed by atoms with Gasteiger partial charge >= 0.3 is 5.97 Å². The van der Waals surface area contributed by atoms with Crippen molar-refractivity contribution in [1.82, 2.24) is 9.88 Å². The average molecular weight is 368 g/mol. The topological polar surface area (TPSA) is 82.6 Å². The molecule has 0 saturated heterocycles. The Balaban J connectivity index is 1.47. The minimum absolute atomic E-state index is 0.106. The third-order valence-corrected chi connectivity index (χ3v) is 5.89. The molecule has 142 valence electrons. The second-order valence-corrected chi connectivity index (χ2v) is 7.42. The van der Waals surface area contributed by atoms with Crippen LogP contribution in [-0.2, 0) is 9.59 Å². The molecule has 1 amide bonds. The standard InChI is InChI=1S/C21H24N2O4/c1-27-16-4-5-19-17(11-16)18(12-22-19)13-6-8-23(9-7-13)20(24)14-2-3-15(10-14)21(25)26/h4-6,11-12,14-15,22H,2-3,7-10H2,1H3,(H,25,26)/t14-,15+/m1/s1. The van der Waals surface area contributed by atoms with E-state index in [1.807, 2.05) is 29.3 Å². The number of carbonyl (C=O) groups excluding carboxylic acids is 1. The summed E-state index contributed by atoms with van der Waals surface area (Å²) in [6, 6.07) is 5.98. The Morgan fingerprint density at radius 2 is 2.07 bits per heavy atom. The number of amides is 1. The number of H-pyrrole nitrogens is 1. The monoisotopic (exact) mass is 368 g/mol. The van der Waals surface area contributed by atoms with Crippen LogP contribution in [0.25, 0.3) is 16.5 Å². The van der Waals surface area contributed by atoms with Crippen LogP contribution in [0.1, 0.15) is 31.2 Å². The van der Waals surface area contributed by atoms with Crippen molar-refractivity contribution < 1.29 is 19.4 Å². The van der Waals surface area contributed by atoms with Crippen molar-refractivity contribution in [3.63, 3.8) is 0 Å². The molecule has 1 aromatic carbocycles. The van der Waals surface area contributed by atoms with Crippen molar-refractivity contribution in [2.75, 3.05) is 20.2 Å². The maximum atomic E-state index is 12.7. The first-order chi connectivity index (χ1) is 13.1. The smallest absolute Gasteiger partial charge is 0.306 e. The summed E-state index contributed by atoms with van der Waals surface area (Å²) in [6.45, 7) is 1.26. The maximum Gasteiger partial charge on any atom is 0.306 e. The number of nitrogens with zero attached hydrogens (tertiary/aromatic N) is 1. The molecule has 2 aliphatic rings. The van der Waals surface area contributed by atoms with Gasteiger partial charge < -0.3 is 19.7 Å². The van der Waals surface area contributed by atoms with Crippen molar-refractivity contribution in [2.24, 2.45) is 11.8 Å². The SMILES string of the molecule is COc1ccc2[nH]cc(C3=CCN(C(=O)[C@@H]4CC[C@H](C(=O)O)C4)CC3)c2c1. The summed E-state index contributed by atoms with van der Waals surface area (Å²) in [5.41, 5.74) is 3.45. The normalized spacial score (nSPS) is 22.7. The molecule has 2 atom stereocenters. The molecule has 0 unspecified atom stereocenters. The van der Waals surface area contributed by atoms with Gasteiger partial charge in [-0.2, -0.15) is 0 Å². The van der Waals surface area contributed by atoms with Crippen LogP contribution in [0, 0.1) is 11.8 Å². The van der Waals surface area contributed by atoms with Crippen LogP contribution in [0.2, 0.25) is 0 Å². The van der Waals surface area contributed by atoms with E-state index in [9.17, 15) is 9.59 Å². The fourth-order valence-electron chi connectivity index (χ4n) is 4.29. The van der Waals surface area contributed by atoms with Crippen molar-refractivity contribution in [3.05, 3.63) is 36.0 Å². The summed E-state index contributed by atoms with van der Waals surface area (Å²) >= 11 is 0. The summed E-state index contributed by atoms with van der Waals surface area (Å²) in [4.78, 5) is 29.0. The number of benzene rings is 1. The van der Waals surface area contributed by atoms with Gasteiger partial charge in [-0.3, -0.25) is 9.59 Å². The third-order valence-electron chi connectivity index (χ3n) is 5.89. The molecule has 2 aromatic rings. The quantitative estimate of drug-likeness (QED) is 0.867. The van der Waals surface area contributed by atoms with E-state index in [0.717, 1.165) is 28.6 Å². The van der Waals surface area contributed by atoms with Crippen LogP contribution in [0.4, 0.5) is 0 Å². The number of carboxylic acid groups (broad SMARTS) is 1. The molecule has 6 nitrogen and oxygen atoms in total. The molecule has 0 spiro atoms. The molecule has 0 bridgehead atoms. The number of hydrogen-bond acceptors (Lipinski definition) is 3. The molecule has 1 aliphatic heterocycles. The molecule has 1 aliphatic carbocycles. The fraction of sp³-hybridized carbons (Fsp3) is 0.429. The Bertz CT molecular complexity index is 914. The number of carboxylic acids is 1. The molecule has 4 rings (SSSR count). The predicted octanol–water partition coefficient (Wildman–Crippen LogP) is 3.29. The van der Waals surface area contributed by atoms with Crippen LogP contribution < -0.4 is 4.74 Å². The van der Waals surface area contributed by atoms with Gasteiger partial charge in [0, 0.05) is 41.7 Å². The number of methoxy groups -OCH3 is 1. The van der Waals surface area contributed by atoms with E-state index in [1.54, 1.807) is 7.11 Å². The van der Waals surface area contributed by atoms with E-state index >= 15 is 0 Å². The number of aromatic nitrogens is 1. The first-order valence-corrected chi connectivity index (χ1v) is 9.43. The lowest BCUT2D eigenvalue weighted by atomic mass is 9.97. The highest BCUT2D eigenvalue weighted by Crippen LogP contribution is 2.35. The predicted molar refractivity (Wildman–Crippen MR) is 102 cm³/mol. The Kier molecular flexibility index (Phi) is 4.64. The second kappa shape index (κ2) is 7.10. The van der Waals surface area contributed by atoms with Gasteiger partial charge in [-0.15, -0.1) is 0 Å². The van der Waals surface area contributed by atoms with Crippen molar-refractivity contribution >= 4 is 28.4 Å². The summed E-state index contributed by atoms with van der Waals surface area (Å²) in [7, 11) is 1.66. The van der Waals surface area contributed by atoms with Crippen LogP contribution in [0.3, 0.4) is 0 Å². The number of carbonyl (C=O) groups is 2. The number of nitrogens with one attached hydrogen (secondary N) is 1. The van der Waals surface area contributed by atoms with E-state index < -0.39 is 5.97 Å². The molecule has 2 heterocycles. The van der Waals surface area contributed by atoms with Crippen LogP contribution in [0.5, 0.6) is 5.75 Å². The molecular weight excluding hydrogens is 344 g/mol. The van der Waals surface area contributed by atoms with Crippen molar-refractivity contribution in [3.8, 4) is 5.75 Å². The van der Waals surface area contributed by atoms with Crippen molar-refractivity contribution in [1.29, 1.82) is 0 Å². The first kappa shape index (κ1) is 17.6. The second-order valence-electron chi connectivity index (χ2n) is 7.42. The summed E-state index contributed by atoms with van der Waals surface area (Å²) in [6.07, 6.45) is 6.70. The van der Waals surface area contributed by atoms with E-state index in [0.29, 0.717) is 32.4 Å². The molecule has 1 aromatic heterocycles. The van der Waals surface area contributed by atoms with Gasteiger partial charge in [0.05, 0.1) is 13.0 Å². The Morgan fingerprint density at radius 1 is 1.26 bits per heavy atom. The third kappa shape index (κ3) is 3.31. The summed E-state index contributed by atoms with van der Waals surface area (Å²) < 4.78 is 5.34. The molecule has 0 radical (unpaired) electrons. The highest BCUT2D eigenvalue weighted by Gasteiger charge is 2.36. The van der Waals surface area contributed by atoms with E-state index in [1.165, 1.54) is 5.57 Å². The summed E-state index contributed by atoms with van der Waals surface area (Å²) in [5, 5.41) is 10.3. The first-order valence-electron chi connectivity index (χ1n) is 9.43. The molecule has 2 N–H and O–H groups in total. The van der Waals surface area contributed by atoms with Gasteiger partial charge in [0.25, 0.3) is 0 Å². The van der Waals surface area contributed by atoms with Gasteiger partial charge in [-0.25, -0.2) is 0 Å². The number of rotatable bonds is 4. The van der Waals surface area contributed by atoms with Gasteiger partial charge in [-0.1, -0.05) is 6.08 Å². The Labute approximate surface area is 157 Å². The van der Waals surface area contributed by atoms with Gasteiger partial charge in [-0.05, 0) is 49.5 Å². The van der Waals surface area contributed by atoms with E-state index in [2.05, 4.69) is 11.1 Å². The van der Waals surface area contributed by atoms with Crippen LogP contribution >= 0.6 is 0 Å². The molecule has 1 saturated carbocycles. The molecule has 1 fully saturated rings. The average Bonchev–Trinajstić information content (AvgIpc) is 3.34. The van der Waals surface area contributed by atoms with Crippen LogP contribution in [-0.4, -0.2) is 47.1 Å². The zero-order valence-corrected chi connectivity index (χ0v) is 15.4. The summed E-state index contributed by atoms with van der Waals surface area (Å²) in [5.74, 6) is -0.351. The molecule has 27 heavy (non-hydrogen) atoms. The van der Waals surface area contributed by atoms with E-state index in [4.69, 9.17) is 9.84 Å². The highest BCUT2D eigenvalue weighted by atomic mass is 16.5. The van der Waals surface area contributed by atoms with Gasteiger partial charge in [0.15, 0.2) is 0 Å². The largest absolute Gasteiger partial charge is 0.497 e. The lowest BCUT2D eigenvalue weighted by Crippen LogP contribution is -2.38. The zero-order valence-electron chi connectivity index (χ0n) is 15.4. The van der Waals surface area contributed by atoms with E-state index in [-0.39, 0.29) is 17.7 Å². The number of fused-ring (bicyclic) bond motifs is 1. The van der Waals surface area contributed by atoms with Crippen molar-refractivity contribution in [2.45, 2.75) is 25.7 Å². The maximum absolute atomic E-state index is 12.7. The fourth-order valence-corrected chi connectivity index (χ4v) is 4.29. The lowest BCUT2D eigenvalue weighted by molar-refractivity contribution is -0.141. The van der Waals surface area contributed by atoms with Gasteiger partial charge in [0.1, 0.15) is 5.75 Å². The molecule has 6 heteroatoms. The number of aliphatic carboxylic acids is 1. The Hall–Kier alpha value is -2.76. The minimum atomic E-state index is -0.777.